The third kappa shape index (κ3) is 3.30. The smallest absolute Gasteiger partial charge is 0.220 e. The Hall–Kier alpha value is -1.75. The number of methoxy groups -OCH3 is 2. The molecule has 1 N–H and O–H groups in total. The molecule has 3 aliphatic rings. The minimum absolute atomic E-state index is 0.0316. The fourth-order valence-corrected chi connectivity index (χ4v) is 6.74. The molecule has 3 fully saturated rings. The quantitative estimate of drug-likeness (QED) is 0.729. The summed E-state index contributed by atoms with van der Waals surface area (Å²) in [6, 6.07) is 6.34. The van der Waals surface area contributed by atoms with E-state index in [2.05, 4.69) is 45.1 Å². The number of hydrogen-bond donors (Lipinski definition) is 1. The van der Waals surface area contributed by atoms with Crippen molar-refractivity contribution in [3.8, 4) is 11.5 Å². The molecule has 166 valence electrons. The average Bonchev–Trinajstić information content (AvgIpc) is 3.19. The molecule has 1 heterocycles. The Labute approximate surface area is 180 Å². The maximum Gasteiger partial charge on any atom is 0.220 e. The zero-order chi connectivity index (χ0) is 21.7. The van der Waals surface area contributed by atoms with Crippen molar-refractivity contribution in [3.05, 3.63) is 23.8 Å². The fourth-order valence-electron chi connectivity index (χ4n) is 6.74. The molecule has 30 heavy (non-hydrogen) atoms. The van der Waals surface area contributed by atoms with Crippen LogP contribution in [0.4, 0.5) is 0 Å². The van der Waals surface area contributed by atoms with Gasteiger partial charge in [-0.05, 0) is 65.5 Å². The summed E-state index contributed by atoms with van der Waals surface area (Å²) in [6.07, 6.45) is 3.98. The molecule has 1 aromatic carbocycles. The second kappa shape index (κ2) is 7.74. The molecule has 1 unspecified atom stereocenters. The minimum atomic E-state index is 0.0316. The monoisotopic (exact) mass is 415 g/mol. The highest BCUT2D eigenvalue weighted by Crippen LogP contribution is 2.70. The predicted octanol–water partition coefficient (Wildman–Crippen LogP) is 4.75. The summed E-state index contributed by atoms with van der Waals surface area (Å²) < 4.78 is 17.3. The Balaban J connectivity index is 1.65. The second-order valence-corrected chi connectivity index (χ2v) is 10.6. The number of carbonyl (C=O) groups excluding carboxylic acids is 1. The zero-order valence-electron chi connectivity index (χ0n) is 19.3. The summed E-state index contributed by atoms with van der Waals surface area (Å²) in [6.45, 7) is 9.64. The molecule has 5 nitrogen and oxygen atoms in total. The van der Waals surface area contributed by atoms with Crippen molar-refractivity contribution in [3.63, 3.8) is 0 Å². The summed E-state index contributed by atoms with van der Waals surface area (Å²) in [5, 5.41) is 3.50. The average molecular weight is 416 g/mol. The number of hydrogen-bond acceptors (Lipinski definition) is 4. The summed E-state index contributed by atoms with van der Waals surface area (Å²) in [4.78, 5) is 12.8. The van der Waals surface area contributed by atoms with Crippen LogP contribution < -0.4 is 14.8 Å². The Morgan fingerprint density at radius 3 is 2.63 bits per heavy atom. The lowest BCUT2D eigenvalue weighted by atomic mass is 9.58. The lowest BCUT2D eigenvalue weighted by Crippen LogP contribution is -2.59. The van der Waals surface area contributed by atoms with E-state index in [-0.39, 0.29) is 28.9 Å². The van der Waals surface area contributed by atoms with E-state index in [0.717, 1.165) is 36.5 Å². The van der Waals surface area contributed by atoms with Gasteiger partial charge in [0.05, 0.1) is 20.3 Å². The summed E-state index contributed by atoms with van der Waals surface area (Å²) in [5.41, 5.74) is 1.37. The van der Waals surface area contributed by atoms with Crippen LogP contribution in [0, 0.1) is 28.6 Å². The number of benzene rings is 1. The molecule has 4 rings (SSSR count). The molecule has 0 aromatic heterocycles. The fraction of sp³-hybridized carbons (Fsp3) is 0.720. The molecule has 1 amide bonds. The molecule has 2 saturated carbocycles. The maximum absolute atomic E-state index is 12.8. The lowest BCUT2D eigenvalue weighted by molar-refractivity contribution is -0.137. The number of amides is 1. The molecule has 1 aromatic rings. The van der Waals surface area contributed by atoms with Gasteiger partial charge in [0.1, 0.15) is 0 Å². The van der Waals surface area contributed by atoms with Crippen LogP contribution in [0.5, 0.6) is 11.5 Å². The molecule has 1 aliphatic heterocycles. The third-order valence-electron chi connectivity index (χ3n) is 8.14. The largest absolute Gasteiger partial charge is 0.493 e. The number of ether oxygens (including phenoxy) is 3. The van der Waals surface area contributed by atoms with Gasteiger partial charge in [-0.25, -0.2) is 0 Å². The van der Waals surface area contributed by atoms with Crippen molar-refractivity contribution in [1.29, 1.82) is 0 Å². The van der Waals surface area contributed by atoms with Crippen molar-refractivity contribution < 1.29 is 19.0 Å². The van der Waals surface area contributed by atoms with Crippen LogP contribution in [0.1, 0.15) is 65.0 Å². The van der Waals surface area contributed by atoms with Gasteiger partial charge in [0, 0.05) is 19.1 Å². The van der Waals surface area contributed by atoms with E-state index in [1.807, 2.05) is 6.07 Å². The highest BCUT2D eigenvalue weighted by Gasteiger charge is 2.68. The topological polar surface area (TPSA) is 56.8 Å². The predicted molar refractivity (Wildman–Crippen MR) is 117 cm³/mol. The molecule has 5 atom stereocenters. The van der Waals surface area contributed by atoms with Crippen molar-refractivity contribution in [2.75, 3.05) is 20.8 Å². The maximum atomic E-state index is 12.8. The first kappa shape index (κ1) is 21.5. The van der Waals surface area contributed by atoms with Gasteiger partial charge in [0.25, 0.3) is 0 Å². The first-order valence-electron chi connectivity index (χ1n) is 11.4. The minimum Gasteiger partial charge on any atom is -0.493 e. The van der Waals surface area contributed by atoms with Crippen molar-refractivity contribution in [2.24, 2.45) is 28.6 Å². The Morgan fingerprint density at radius 1 is 1.23 bits per heavy atom. The van der Waals surface area contributed by atoms with E-state index in [1.54, 1.807) is 14.2 Å². The van der Waals surface area contributed by atoms with Crippen LogP contribution in [0.15, 0.2) is 18.2 Å². The molecule has 1 saturated heterocycles. The molecular weight excluding hydrogens is 378 g/mol. The second-order valence-electron chi connectivity index (χ2n) is 10.6. The van der Waals surface area contributed by atoms with Crippen molar-refractivity contribution in [2.45, 2.75) is 65.5 Å². The van der Waals surface area contributed by atoms with Gasteiger partial charge in [-0.2, -0.15) is 0 Å². The molecule has 5 heteroatoms. The normalized spacial score (nSPS) is 34.0. The highest BCUT2D eigenvalue weighted by atomic mass is 16.5. The van der Waals surface area contributed by atoms with Gasteiger partial charge >= 0.3 is 0 Å². The van der Waals surface area contributed by atoms with Crippen LogP contribution in [0.2, 0.25) is 0 Å². The lowest BCUT2D eigenvalue weighted by Gasteiger charge is -2.53. The molecule has 2 bridgehead atoms. The summed E-state index contributed by atoms with van der Waals surface area (Å²) in [7, 11) is 3.33. The van der Waals surface area contributed by atoms with Gasteiger partial charge in [-0.15, -0.1) is 0 Å². The first-order valence-corrected chi connectivity index (χ1v) is 11.4. The molecule has 0 radical (unpaired) electrons. The van der Waals surface area contributed by atoms with E-state index < -0.39 is 0 Å². The third-order valence-corrected chi connectivity index (χ3v) is 8.14. The van der Waals surface area contributed by atoms with E-state index >= 15 is 0 Å². The Bertz CT molecular complexity index is 804. The Morgan fingerprint density at radius 2 is 1.97 bits per heavy atom. The van der Waals surface area contributed by atoms with Crippen LogP contribution >= 0.6 is 0 Å². The molecule has 2 aliphatic carbocycles. The molecular formula is C25H37NO4. The highest BCUT2D eigenvalue weighted by molar-refractivity contribution is 5.76. The van der Waals surface area contributed by atoms with Gasteiger partial charge in [-0.1, -0.05) is 33.8 Å². The van der Waals surface area contributed by atoms with Crippen LogP contribution in [0.25, 0.3) is 0 Å². The standard InChI is InChI=1S/C25H37NO4/c1-15(2)11-21(27)26-23-24(3,4)17-13-18-22(30-10-9-25(18,23)14-17)16-7-8-19(28-5)20(12-16)29-6/h7-8,12,15,17-18,22-23H,9-11,13-14H2,1-6H3,(H,26,27)/t17-,18-,22-,23-,25?/m1/s1. The van der Waals surface area contributed by atoms with E-state index in [1.165, 1.54) is 6.42 Å². The van der Waals surface area contributed by atoms with E-state index in [9.17, 15) is 4.79 Å². The van der Waals surface area contributed by atoms with Crippen molar-refractivity contribution >= 4 is 5.91 Å². The van der Waals surface area contributed by atoms with Crippen molar-refractivity contribution in [1.82, 2.24) is 5.32 Å². The van der Waals surface area contributed by atoms with E-state index in [0.29, 0.717) is 24.2 Å². The van der Waals surface area contributed by atoms with Gasteiger partial charge in [-0.3, -0.25) is 4.79 Å². The number of rotatable bonds is 6. The SMILES string of the molecule is COc1ccc([C@H]2OCCC34C[C@@H](C[C@H]23)C(C)(C)[C@H]4NC(=O)CC(C)C)cc1OC. The van der Waals surface area contributed by atoms with Gasteiger partial charge in [0.15, 0.2) is 11.5 Å². The number of nitrogens with one attached hydrogen (secondary N) is 1. The van der Waals surface area contributed by atoms with Crippen LogP contribution in [0.3, 0.4) is 0 Å². The van der Waals surface area contributed by atoms with Gasteiger partial charge in [0.2, 0.25) is 5.91 Å². The van der Waals surface area contributed by atoms with E-state index in [4.69, 9.17) is 14.2 Å². The number of carbonyl (C=O) groups is 1. The van der Waals surface area contributed by atoms with Crippen LogP contribution in [-0.4, -0.2) is 32.8 Å². The first-order chi connectivity index (χ1) is 14.2. The Kier molecular flexibility index (Phi) is 5.54. The van der Waals surface area contributed by atoms with Crippen LogP contribution in [-0.2, 0) is 9.53 Å². The van der Waals surface area contributed by atoms with Gasteiger partial charge < -0.3 is 19.5 Å². The number of fused-ring (bicyclic) bond motifs is 1. The summed E-state index contributed by atoms with van der Waals surface area (Å²) in [5.74, 6) is 3.05. The molecule has 1 spiro atoms. The summed E-state index contributed by atoms with van der Waals surface area (Å²) >= 11 is 0. The zero-order valence-corrected chi connectivity index (χ0v) is 19.3.